The van der Waals surface area contributed by atoms with Crippen LogP contribution in [0.1, 0.15) is 6.92 Å². The van der Waals surface area contributed by atoms with E-state index in [2.05, 4.69) is 0 Å². The highest BCUT2D eigenvalue weighted by atomic mass is 35.5. The summed E-state index contributed by atoms with van der Waals surface area (Å²) in [4.78, 5) is 26.2. The monoisotopic (exact) mass is 399 g/mol. The maximum atomic E-state index is 13.0. The Kier molecular flexibility index (Phi) is 4.45. The number of aromatic hydroxyl groups is 1. The predicted molar refractivity (Wildman–Crippen MR) is 107 cm³/mol. The molecule has 4 aromatic rings. The molecule has 7 heteroatoms. The van der Waals surface area contributed by atoms with Gasteiger partial charge in [-0.2, -0.15) is 0 Å². The van der Waals surface area contributed by atoms with Crippen molar-refractivity contribution in [2.24, 2.45) is 0 Å². The van der Waals surface area contributed by atoms with Gasteiger partial charge in [0.05, 0.1) is 5.52 Å². The normalized spacial score (nSPS) is 11.3. The zero-order valence-corrected chi connectivity index (χ0v) is 15.8. The standard InChI is InChI=1S/C20H14ClNO4S/c1-2-22-14-9-4-3-8-13(14)17-15(19(22)24)16(23)18(20(25)26-17)27-12-7-5-6-11(21)10-12/h3-10,23H,2H2,1H3. The Bertz CT molecular complexity index is 1310. The summed E-state index contributed by atoms with van der Waals surface area (Å²) in [7, 11) is 0. The molecule has 0 aliphatic rings. The largest absolute Gasteiger partial charge is 0.505 e. The number of aromatic nitrogens is 1. The zero-order chi connectivity index (χ0) is 19.1. The smallest absolute Gasteiger partial charge is 0.354 e. The average Bonchev–Trinajstić information content (AvgIpc) is 2.65. The van der Waals surface area contributed by atoms with Gasteiger partial charge in [-0.1, -0.05) is 41.6 Å². The summed E-state index contributed by atoms with van der Waals surface area (Å²) in [6.45, 7) is 2.27. The lowest BCUT2D eigenvalue weighted by Gasteiger charge is -2.12. The lowest BCUT2D eigenvalue weighted by molar-refractivity contribution is 0.446. The molecule has 0 saturated heterocycles. The van der Waals surface area contributed by atoms with Gasteiger partial charge in [0.25, 0.3) is 5.56 Å². The van der Waals surface area contributed by atoms with E-state index in [9.17, 15) is 14.7 Å². The van der Waals surface area contributed by atoms with Crippen LogP contribution in [0.4, 0.5) is 0 Å². The molecule has 0 aliphatic carbocycles. The van der Waals surface area contributed by atoms with Crippen LogP contribution in [0, 0.1) is 0 Å². The Morgan fingerprint density at radius 2 is 1.93 bits per heavy atom. The summed E-state index contributed by atoms with van der Waals surface area (Å²) in [5, 5.41) is 11.9. The molecule has 2 heterocycles. The van der Waals surface area contributed by atoms with Gasteiger partial charge in [-0.15, -0.1) is 0 Å². The molecule has 136 valence electrons. The van der Waals surface area contributed by atoms with E-state index in [1.54, 1.807) is 53.1 Å². The molecular formula is C20H14ClNO4S. The lowest BCUT2D eigenvalue weighted by atomic mass is 10.1. The van der Waals surface area contributed by atoms with Gasteiger partial charge in [0.2, 0.25) is 0 Å². The minimum atomic E-state index is -0.705. The fraction of sp³-hybridized carbons (Fsp3) is 0.100. The SMILES string of the molecule is CCn1c(=O)c2c(O)c(Sc3cccc(Cl)c3)c(=O)oc2c2ccccc21. The second kappa shape index (κ2) is 6.79. The molecule has 2 aromatic heterocycles. The summed E-state index contributed by atoms with van der Waals surface area (Å²) >= 11 is 6.99. The fourth-order valence-electron chi connectivity index (χ4n) is 3.09. The van der Waals surface area contributed by atoms with Gasteiger partial charge in [0.1, 0.15) is 10.3 Å². The highest BCUT2D eigenvalue weighted by Gasteiger charge is 2.21. The number of hydrogen-bond donors (Lipinski definition) is 1. The van der Waals surface area contributed by atoms with E-state index in [-0.39, 0.29) is 21.6 Å². The molecule has 0 saturated carbocycles. The van der Waals surface area contributed by atoms with Crippen molar-refractivity contribution in [1.82, 2.24) is 4.57 Å². The second-order valence-electron chi connectivity index (χ2n) is 5.90. The Labute approximate surface area is 162 Å². The number of hydrogen-bond acceptors (Lipinski definition) is 5. The van der Waals surface area contributed by atoms with Crippen molar-refractivity contribution in [2.75, 3.05) is 0 Å². The summed E-state index contributed by atoms with van der Waals surface area (Å²) in [5.74, 6) is -0.371. The van der Waals surface area contributed by atoms with Crippen LogP contribution < -0.4 is 11.2 Å². The molecule has 4 rings (SSSR count). The Morgan fingerprint density at radius 1 is 1.15 bits per heavy atom. The number of aryl methyl sites for hydroxylation is 1. The first kappa shape index (κ1) is 17.7. The van der Waals surface area contributed by atoms with Gasteiger partial charge in [0.15, 0.2) is 11.3 Å². The molecule has 0 spiro atoms. The Morgan fingerprint density at radius 3 is 2.67 bits per heavy atom. The number of fused-ring (bicyclic) bond motifs is 3. The van der Waals surface area contributed by atoms with Crippen LogP contribution in [0.3, 0.4) is 0 Å². The summed E-state index contributed by atoms with van der Waals surface area (Å²) in [5.41, 5.74) is -0.363. The molecule has 2 aromatic carbocycles. The van der Waals surface area contributed by atoms with E-state index in [0.717, 1.165) is 11.8 Å². The third-order valence-electron chi connectivity index (χ3n) is 4.29. The Hall–Kier alpha value is -2.70. The maximum absolute atomic E-state index is 13.0. The van der Waals surface area contributed by atoms with Crippen molar-refractivity contribution in [2.45, 2.75) is 23.3 Å². The molecule has 0 aliphatic heterocycles. The molecule has 0 fully saturated rings. The molecule has 1 N–H and O–H groups in total. The van der Waals surface area contributed by atoms with Gasteiger partial charge >= 0.3 is 5.63 Å². The van der Waals surface area contributed by atoms with E-state index in [1.807, 2.05) is 6.92 Å². The van der Waals surface area contributed by atoms with Gasteiger partial charge in [-0.3, -0.25) is 4.79 Å². The maximum Gasteiger partial charge on any atom is 0.354 e. The van der Waals surface area contributed by atoms with Crippen LogP contribution >= 0.6 is 23.4 Å². The van der Waals surface area contributed by atoms with Crippen LogP contribution in [0.25, 0.3) is 21.9 Å². The van der Waals surface area contributed by atoms with Crippen LogP contribution in [0.5, 0.6) is 5.75 Å². The molecule has 0 bridgehead atoms. The number of para-hydroxylation sites is 1. The van der Waals surface area contributed by atoms with Crippen LogP contribution in [0.2, 0.25) is 5.02 Å². The number of nitrogens with zero attached hydrogens (tertiary/aromatic N) is 1. The first-order chi connectivity index (χ1) is 13.0. The third-order valence-corrected chi connectivity index (χ3v) is 5.58. The van der Waals surface area contributed by atoms with Crippen molar-refractivity contribution < 1.29 is 9.52 Å². The molecular weight excluding hydrogens is 386 g/mol. The molecule has 0 radical (unpaired) electrons. The van der Waals surface area contributed by atoms with Gasteiger partial charge in [-0.05, 0) is 37.3 Å². The highest BCUT2D eigenvalue weighted by Crippen LogP contribution is 2.37. The second-order valence-corrected chi connectivity index (χ2v) is 7.42. The van der Waals surface area contributed by atoms with Crippen LogP contribution in [0.15, 0.2) is 72.3 Å². The molecule has 0 atom stereocenters. The van der Waals surface area contributed by atoms with Crippen molar-refractivity contribution in [3.63, 3.8) is 0 Å². The quantitative estimate of drug-likeness (QED) is 0.508. The predicted octanol–water partition coefficient (Wildman–Crippen LogP) is 4.64. The van der Waals surface area contributed by atoms with Gasteiger partial charge in [-0.25, -0.2) is 4.79 Å². The number of halogens is 1. The summed E-state index contributed by atoms with van der Waals surface area (Å²) < 4.78 is 7.03. The van der Waals surface area contributed by atoms with E-state index in [4.69, 9.17) is 16.0 Å². The van der Waals surface area contributed by atoms with Crippen LogP contribution in [-0.2, 0) is 6.54 Å². The van der Waals surface area contributed by atoms with Crippen molar-refractivity contribution in [1.29, 1.82) is 0 Å². The minimum Gasteiger partial charge on any atom is -0.505 e. The first-order valence-corrected chi connectivity index (χ1v) is 9.45. The van der Waals surface area contributed by atoms with E-state index in [1.165, 1.54) is 0 Å². The molecule has 0 unspecified atom stereocenters. The topological polar surface area (TPSA) is 72.4 Å². The van der Waals surface area contributed by atoms with E-state index >= 15 is 0 Å². The molecule has 5 nitrogen and oxygen atoms in total. The lowest BCUT2D eigenvalue weighted by Crippen LogP contribution is -2.21. The van der Waals surface area contributed by atoms with E-state index < -0.39 is 11.2 Å². The first-order valence-electron chi connectivity index (χ1n) is 8.26. The van der Waals surface area contributed by atoms with Gasteiger partial charge < -0.3 is 14.1 Å². The number of benzene rings is 2. The Balaban J connectivity index is 2.07. The van der Waals surface area contributed by atoms with Crippen molar-refractivity contribution in [3.05, 3.63) is 74.3 Å². The number of pyridine rings is 1. The summed E-state index contributed by atoms with van der Waals surface area (Å²) in [6, 6.07) is 14.0. The fourth-order valence-corrected chi connectivity index (χ4v) is 4.24. The van der Waals surface area contributed by atoms with E-state index in [0.29, 0.717) is 27.4 Å². The minimum absolute atomic E-state index is 0.000298. The van der Waals surface area contributed by atoms with Crippen LogP contribution in [-0.4, -0.2) is 9.67 Å². The van der Waals surface area contributed by atoms with Crippen molar-refractivity contribution in [3.8, 4) is 5.75 Å². The molecule has 27 heavy (non-hydrogen) atoms. The number of rotatable bonds is 3. The molecule has 0 amide bonds. The van der Waals surface area contributed by atoms with Crippen molar-refractivity contribution >= 4 is 45.2 Å². The summed E-state index contributed by atoms with van der Waals surface area (Å²) in [6.07, 6.45) is 0. The third kappa shape index (κ3) is 2.91. The zero-order valence-electron chi connectivity index (χ0n) is 14.2. The average molecular weight is 400 g/mol. The highest BCUT2D eigenvalue weighted by molar-refractivity contribution is 7.99. The van der Waals surface area contributed by atoms with Gasteiger partial charge in [0, 0.05) is 21.8 Å².